The van der Waals surface area contributed by atoms with Crippen molar-refractivity contribution in [1.29, 1.82) is 0 Å². The monoisotopic (exact) mass is 210 g/mol. The molecule has 2 aromatic rings. The summed E-state index contributed by atoms with van der Waals surface area (Å²) in [6.45, 7) is 0.328. The number of hydrogen-bond acceptors (Lipinski definition) is 3. The standard InChI is InChI=1S/C9H7ClN2O2/c10-8-2-1-3-9(13)12(8)6-7-4-5-14-11-7/h1-5H,6H2. The van der Waals surface area contributed by atoms with Crippen molar-refractivity contribution in [1.82, 2.24) is 9.72 Å². The lowest BCUT2D eigenvalue weighted by molar-refractivity contribution is 0.409. The molecule has 72 valence electrons. The normalized spacial score (nSPS) is 10.4. The van der Waals surface area contributed by atoms with E-state index in [2.05, 4.69) is 9.68 Å². The average molecular weight is 211 g/mol. The Morgan fingerprint density at radius 1 is 1.43 bits per heavy atom. The first-order chi connectivity index (χ1) is 6.77. The fourth-order valence-electron chi connectivity index (χ4n) is 1.13. The Hall–Kier alpha value is -1.55. The second-order valence-corrected chi connectivity index (χ2v) is 3.15. The molecular weight excluding hydrogens is 204 g/mol. The molecule has 0 spiro atoms. The molecule has 0 aliphatic carbocycles. The van der Waals surface area contributed by atoms with Crippen molar-refractivity contribution in [2.75, 3.05) is 0 Å². The molecule has 14 heavy (non-hydrogen) atoms. The van der Waals surface area contributed by atoms with Crippen LogP contribution in [0.1, 0.15) is 5.69 Å². The fraction of sp³-hybridized carbons (Fsp3) is 0.111. The lowest BCUT2D eigenvalue weighted by Gasteiger charge is -2.04. The molecule has 0 saturated carbocycles. The summed E-state index contributed by atoms with van der Waals surface area (Å²) in [6, 6.07) is 6.41. The molecule has 0 fully saturated rings. The van der Waals surface area contributed by atoms with Crippen molar-refractivity contribution in [2.24, 2.45) is 0 Å². The zero-order valence-corrected chi connectivity index (χ0v) is 7.94. The van der Waals surface area contributed by atoms with Crippen molar-refractivity contribution < 1.29 is 4.52 Å². The van der Waals surface area contributed by atoms with E-state index < -0.39 is 0 Å². The highest BCUT2D eigenvalue weighted by Gasteiger charge is 2.03. The lowest BCUT2D eigenvalue weighted by Crippen LogP contribution is -2.19. The zero-order valence-electron chi connectivity index (χ0n) is 7.18. The van der Waals surface area contributed by atoms with E-state index in [0.717, 1.165) is 0 Å². The Morgan fingerprint density at radius 2 is 2.29 bits per heavy atom. The first kappa shape index (κ1) is 9.02. The van der Waals surface area contributed by atoms with E-state index in [9.17, 15) is 4.79 Å². The molecule has 4 nitrogen and oxygen atoms in total. The van der Waals surface area contributed by atoms with Gasteiger partial charge in [-0.15, -0.1) is 0 Å². The Bertz CT molecular complexity index is 476. The molecule has 0 bridgehead atoms. The molecule has 0 radical (unpaired) electrons. The highest BCUT2D eigenvalue weighted by atomic mass is 35.5. The van der Waals surface area contributed by atoms with Crippen LogP contribution in [0.4, 0.5) is 0 Å². The third-order valence-electron chi connectivity index (χ3n) is 1.81. The largest absolute Gasteiger partial charge is 0.364 e. The lowest BCUT2D eigenvalue weighted by atomic mass is 10.4. The van der Waals surface area contributed by atoms with Gasteiger partial charge in [0, 0.05) is 12.1 Å². The molecule has 0 aliphatic heterocycles. The molecule has 0 atom stereocenters. The van der Waals surface area contributed by atoms with Gasteiger partial charge in [-0.05, 0) is 6.07 Å². The minimum Gasteiger partial charge on any atom is -0.364 e. The Balaban J connectivity index is 2.38. The van der Waals surface area contributed by atoms with Gasteiger partial charge in [0.05, 0.1) is 6.54 Å². The summed E-state index contributed by atoms with van der Waals surface area (Å²) in [5, 5.41) is 4.09. The maximum atomic E-state index is 11.4. The maximum absolute atomic E-state index is 11.4. The molecular formula is C9H7ClN2O2. The predicted molar refractivity (Wildman–Crippen MR) is 51.3 cm³/mol. The van der Waals surface area contributed by atoms with Crippen LogP contribution in [-0.2, 0) is 6.54 Å². The van der Waals surface area contributed by atoms with Crippen LogP contribution in [0.3, 0.4) is 0 Å². The smallest absolute Gasteiger partial charge is 0.252 e. The summed E-state index contributed by atoms with van der Waals surface area (Å²) in [7, 11) is 0. The second-order valence-electron chi connectivity index (χ2n) is 2.76. The molecule has 5 heteroatoms. The van der Waals surface area contributed by atoms with Crippen LogP contribution >= 0.6 is 11.6 Å². The van der Waals surface area contributed by atoms with E-state index in [1.807, 2.05) is 0 Å². The van der Waals surface area contributed by atoms with Gasteiger partial charge < -0.3 is 4.52 Å². The third kappa shape index (κ3) is 1.70. The molecule has 0 unspecified atom stereocenters. The van der Waals surface area contributed by atoms with Crippen LogP contribution in [0.5, 0.6) is 0 Å². The number of pyridine rings is 1. The summed E-state index contributed by atoms with van der Waals surface area (Å²) in [5.41, 5.74) is 0.515. The number of aromatic nitrogens is 2. The molecule has 0 aliphatic rings. The fourth-order valence-corrected chi connectivity index (χ4v) is 1.35. The molecule has 2 rings (SSSR count). The van der Waals surface area contributed by atoms with E-state index in [4.69, 9.17) is 11.6 Å². The maximum Gasteiger partial charge on any atom is 0.252 e. The molecule has 2 heterocycles. The van der Waals surface area contributed by atoms with Gasteiger partial charge in [-0.3, -0.25) is 9.36 Å². The highest BCUT2D eigenvalue weighted by Crippen LogP contribution is 2.06. The van der Waals surface area contributed by atoms with Crippen LogP contribution in [0.2, 0.25) is 5.15 Å². The number of halogens is 1. The SMILES string of the molecule is O=c1cccc(Cl)n1Cc1ccon1. The van der Waals surface area contributed by atoms with Crippen LogP contribution < -0.4 is 5.56 Å². The van der Waals surface area contributed by atoms with Gasteiger partial charge in [-0.2, -0.15) is 0 Å². The van der Waals surface area contributed by atoms with Crippen LogP contribution in [0.15, 0.2) is 39.8 Å². The van der Waals surface area contributed by atoms with Gasteiger partial charge in [0.15, 0.2) is 0 Å². The van der Waals surface area contributed by atoms with Gasteiger partial charge >= 0.3 is 0 Å². The summed E-state index contributed by atoms with van der Waals surface area (Å²) in [6.07, 6.45) is 1.46. The molecule has 0 aromatic carbocycles. The predicted octanol–water partition coefficient (Wildman–Crippen LogP) is 1.54. The number of nitrogens with zero attached hydrogens (tertiary/aromatic N) is 2. The third-order valence-corrected chi connectivity index (χ3v) is 2.14. The van der Waals surface area contributed by atoms with Crippen molar-refractivity contribution >= 4 is 11.6 Å². The van der Waals surface area contributed by atoms with Crippen LogP contribution in [0, 0.1) is 0 Å². The number of hydrogen-bond donors (Lipinski definition) is 0. The zero-order chi connectivity index (χ0) is 9.97. The van der Waals surface area contributed by atoms with E-state index in [0.29, 0.717) is 17.4 Å². The van der Waals surface area contributed by atoms with E-state index in [1.54, 1.807) is 18.2 Å². The van der Waals surface area contributed by atoms with Crippen LogP contribution in [0.25, 0.3) is 0 Å². The van der Waals surface area contributed by atoms with E-state index in [-0.39, 0.29) is 5.56 Å². The van der Waals surface area contributed by atoms with Gasteiger partial charge in [0.2, 0.25) is 0 Å². The molecule has 0 amide bonds. The van der Waals surface area contributed by atoms with Crippen molar-refractivity contribution in [3.63, 3.8) is 0 Å². The van der Waals surface area contributed by atoms with Crippen molar-refractivity contribution in [3.05, 3.63) is 51.7 Å². The van der Waals surface area contributed by atoms with Gasteiger partial charge in [0.25, 0.3) is 5.56 Å². The first-order valence-electron chi connectivity index (χ1n) is 4.02. The minimum absolute atomic E-state index is 0.152. The Kier molecular flexibility index (Phi) is 2.37. The Labute approximate surface area is 84.7 Å². The quantitative estimate of drug-likeness (QED) is 0.707. The average Bonchev–Trinajstić information content (AvgIpc) is 2.64. The summed E-state index contributed by atoms with van der Waals surface area (Å²) >= 11 is 5.85. The Morgan fingerprint density at radius 3 is 2.93 bits per heavy atom. The van der Waals surface area contributed by atoms with Gasteiger partial charge in [0.1, 0.15) is 17.1 Å². The van der Waals surface area contributed by atoms with E-state index in [1.165, 1.54) is 16.9 Å². The summed E-state index contributed by atoms with van der Waals surface area (Å²) in [5.74, 6) is 0. The summed E-state index contributed by atoms with van der Waals surface area (Å²) < 4.78 is 6.07. The summed E-state index contributed by atoms with van der Waals surface area (Å²) in [4.78, 5) is 11.4. The second kappa shape index (κ2) is 3.67. The highest BCUT2D eigenvalue weighted by molar-refractivity contribution is 6.29. The van der Waals surface area contributed by atoms with Crippen LogP contribution in [-0.4, -0.2) is 9.72 Å². The van der Waals surface area contributed by atoms with E-state index >= 15 is 0 Å². The minimum atomic E-state index is -0.152. The molecule has 2 aromatic heterocycles. The first-order valence-corrected chi connectivity index (χ1v) is 4.40. The molecule has 0 N–H and O–H groups in total. The molecule has 0 saturated heterocycles. The van der Waals surface area contributed by atoms with Crippen molar-refractivity contribution in [2.45, 2.75) is 6.54 Å². The number of rotatable bonds is 2. The van der Waals surface area contributed by atoms with Gasteiger partial charge in [-0.1, -0.05) is 22.8 Å². The van der Waals surface area contributed by atoms with Gasteiger partial charge in [-0.25, -0.2) is 0 Å². The van der Waals surface area contributed by atoms with Crippen molar-refractivity contribution in [3.8, 4) is 0 Å². The topological polar surface area (TPSA) is 48.0 Å².